The van der Waals surface area contributed by atoms with E-state index in [9.17, 15) is 13.2 Å². The Bertz CT molecular complexity index is 481. The van der Waals surface area contributed by atoms with Gasteiger partial charge in [-0.3, -0.25) is 9.89 Å². The van der Waals surface area contributed by atoms with Crippen LogP contribution < -0.4 is 5.32 Å². The first-order chi connectivity index (χ1) is 8.37. The normalized spacial score (nSPS) is 12.1. The van der Waals surface area contributed by atoms with Crippen molar-refractivity contribution in [2.75, 3.05) is 13.1 Å². The summed E-state index contributed by atoms with van der Waals surface area (Å²) in [7, 11) is -3.68. The molecule has 0 spiro atoms. The molecule has 1 amide bonds. The Morgan fingerprint density at radius 1 is 1.56 bits per heavy atom. The third-order valence-electron chi connectivity index (χ3n) is 2.22. The average molecular weight is 274 g/mol. The summed E-state index contributed by atoms with van der Waals surface area (Å²) < 4.78 is 25.3. The maximum atomic E-state index is 12.1. The van der Waals surface area contributed by atoms with E-state index in [1.807, 2.05) is 13.8 Å². The van der Waals surface area contributed by atoms with Crippen molar-refractivity contribution >= 4 is 15.9 Å². The van der Waals surface area contributed by atoms with Gasteiger partial charge in [-0.2, -0.15) is 9.40 Å². The van der Waals surface area contributed by atoms with Gasteiger partial charge < -0.3 is 5.32 Å². The Hall–Kier alpha value is -1.41. The SMILES string of the molecule is CCN(CC(=O)NC(C)C)S(=O)(=O)c1ccn[nH]1. The fourth-order valence-corrected chi connectivity index (χ4v) is 2.73. The molecule has 1 rings (SSSR count). The van der Waals surface area contributed by atoms with Crippen LogP contribution in [-0.2, 0) is 14.8 Å². The molecule has 0 saturated carbocycles. The Balaban J connectivity index is 2.81. The largest absolute Gasteiger partial charge is 0.353 e. The Kier molecular flexibility index (Phi) is 4.85. The topological polar surface area (TPSA) is 95.2 Å². The molecule has 8 heteroatoms. The van der Waals surface area contributed by atoms with Gasteiger partial charge in [-0.25, -0.2) is 8.42 Å². The first kappa shape index (κ1) is 14.7. The molecule has 0 fully saturated rings. The molecule has 0 aliphatic carbocycles. The summed E-state index contributed by atoms with van der Waals surface area (Å²) in [5, 5.41) is 8.64. The molecule has 0 bridgehead atoms. The van der Waals surface area contributed by atoms with Gasteiger partial charge in [-0.05, 0) is 19.9 Å². The van der Waals surface area contributed by atoms with E-state index in [0.29, 0.717) is 0 Å². The molecule has 2 N–H and O–H groups in total. The first-order valence-electron chi connectivity index (χ1n) is 5.66. The molecule has 0 aliphatic rings. The van der Waals surface area contributed by atoms with E-state index >= 15 is 0 Å². The summed E-state index contributed by atoms with van der Waals surface area (Å²) in [5.41, 5.74) is 0. The molecule has 0 aliphatic heterocycles. The van der Waals surface area contributed by atoms with E-state index in [4.69, 9.17) is 0 Å². The summed E-state index contributed by atoms with van der Waals surface area (Å²) >= 11 is 0. The second kappa shape index (κ2) is 5.96. The minimum atomic E-state index is -3.68. The van der Waals surface area contributed by atoms with Crippen molar-refractivity contribution in [3.63, 3.8) is 0 Å². The summed E-state index contributed by atoms with van der Waals surface area (Å²) in [6, 6.07) is 1.34. The molecule has 1 heterocycles. The molecule has 7 nitrogen and oxygen atoms in total. The van der Waals surface area contributed by atoms with Crippen molar-refractivity contribution in [3.8, 4) is 0 Å². The smallest absolute Gasteiger partial charge is 0.260 e. The van der Waals surface area contributed by atoms with E-state index < -0.39 is 10.0 Å². The molecule has 0 saturated heterocycles. The Labute approximate surface area is 107 Å². The number of aromatic amines is 1. The lowest BCUT2D eigenvalue weighted by molar-refractivity contribution is -0.121. The van der Waals surface area contributed by atoms with Gasteiger partial charge in [0.15, 0.2) is 5.03 Å². The van der Waals surface area contributed by atoms with E-state index in [0.717, 1.165) is 4.31 Å². The van der Waals surface area contributed by atoms with Crippen LogP contribution in [0, 0.1) is 0 Å². The van der Waals surface area contributed by atoms with Crippen LogP contribution in [-0.4, -0.2) is 48.0 Å². The van der Waals surface area contributed by atoms with Crippen LogP contribution in [0.25, 0.3) is 0 Å². The van der Waals surface area contributed by atoms with E-state index in [1.54, 1.807) is 6.92 Å². The monoisotopic (exact) mass is 274 g/mol. The van der Waals surface area contributed by atoms with E-state index in [-0.39, 0.29) is 30.1 Å². The maximum absolute atomic E-state index is 12.1. The zero-order valence-corrected chi connectivity index (χ0v) is 11.5. The number of carbonyl (C=O) groups is 1. The second-order valence-corrected chi connectivity index (χ2v) is 5.98. The molecule has 102 valence electrons. The average Bonchev–Trinajstić information content (AvgIpc) is 2.78. The van der Waals surface area contributed by atoms with Gasteiger partial charge in [0.2, 0.25) is 5.91 Å². The zero-order chi connectivity index (χ0) is 13.8. The van der Waals surface area contributed by atoms with Crippen LogP contribution in [0.5, 0.6) is 0 Å². The van der Waals surface area contributed by atoms with Gasteiger partial charge in [0.05, 0.1) is 12.7 Å². The lowest BCUT2D eigenvalue weighted by Crippen LogP contribution is -2.42. The lowest BCUT2D eigenvalue weighted by atomic mass is 10.4. The number of nitrogens with zero attached hydrogens (tertiary/aromatic N) is 2. The summed E-state index contributed by atoms with van der Waals surface area (Å²) in [5.74, 6) is -0.324. The number of carbonyl (C=O) groups excluding carboxylic acids is 1. The zero-order valence-electron chi connectivity index (χ0n) is 10.7. The number of H-pyrrole nitrogens is 1. The molecule has 1 aromatic rings. The number of rotatable bonds is 6. The molecule has 18 heavy (non-hydrogen) atoms. The molecule has 0 aromatic carbocycles. The number of sulfonamides is 1. The van der Waals surface area contributed by atoms with Crippen molar-refractivity contribution in [2.45, 2.75) is 31.8 Å². The van der Waals surface area contributed by atoms with E-state index in [1.165, 1.54) is 12.3 Å². The highest BCUT2D eigenvalue weighted by Gasteiger charge is 2.26. The van der Waals surface area contributed by atoms with Crippen LogP contribution >= 0.6 is 0 Å². The van der Waals surface area contributed by atoms with Gasteiger partial charge in [-0.15, -0.1) is 0 Å². The molecular weight excluding hydrogens is 256 g/mol. The Morgan fingerprint density at radius 2 is 2.22 bits per heavy atom. The predicted octanol–water partition coefficient (Wildman–Crippen LogP) is -0.0551. The summed E-state index contributed by atoms with van der Waals surface area (Å²) in [6.45, 7) is 5.33. The van der Waals surface area contributed by atoms with Crippen molar-refractivity contribution in [3.05, 3.63) is 12.3 Å². The van der Waals surface area contributed by atoms with Crippen LogP contribution in [0.1, 0.15) is 20.8 Å². The molecule has 0 radical (unpaired) electrons. The number of aromatic nitrogens is 2. The maximum Gasteiger partial charge on any atom is 0.260 e. The van der Waals surface area contributed by atoms with Crippen molar-refractivity contribution < 1.29 is 13.2 Å². The van der Waals surface area contributed by atoms with Crippen LogP contribution in [0.3, 0.4) is 0 Å². The fourth-order valence-electron chi connectivity index (χ4n) is 1.42. The van der Waals surface area contributed by atoms with Crippen LogP contribution in [0.4, 0.5) is 0 Å². The molecule has 0 unspecified atom stereocenters. The van der Waals surface area contributed by atoms with Crippen molar-refractivity contribution in [1.82, 2.24) is 19.8 Å². The van der Waals surface area contributed by atoms with Crippen molar-refractivity contribution in [2.24, 2.45) is 0 Å². The van der Waals surface area contributed by atoms with Gasteiger partial charge in [0, 0.05) is 12.6 Å². The van der Waals surface area contributed by atoms with Crippen LogP contribution in [0.2, 0.25) is 0 Å². The number of hydrogen-bond donors (Lipinski definition) is 2. The highest BCUT2D eigenvalue weighted by molar-refractivity contribution is 7.89. The fraction of sp³-hybridized carbons (Fsp3) is 0.600. The van der Waals surface area contributed by atoms with Gasteiger partial charge >= 0.3 is 0 Å². The first-order valence-corrected chi connectivity index (χ1v) is 7.10. The third kappa shape index (κ3) is 3.54. The van der Waals surface area contributed by atoms with Gasteiger partial charge in [0.1, 0.15) is 0 Å². The number of hydrogen-bond acceptors (Lipinski definition) is 4. The summed E-state index contributed by atoms with van der Waals surface area (Å²) in [4.78, 5) is 11.6. The second-order valence-electron chi connectivity index (χ2n) is 4.07. The summed E-state index contributed by atoms with van der Waals surface area (Å²) in [6.07, 6.45) is 1.36. The standard InChI is InChI=1S/C10H18N4O3S/c1-4-14(7-9(15)12-8(2)3)18(16,17)10-5-6-11-13-10/h5-6,8H,4,7H2,1-3H3,(H,11,13)(H,12,15). The molecular formula is C10H18N4O3S. The minimum Gasteiger partial charge on any atom is -0.353 e. The predicted molar refractivity (Wildman–Crippen MR) is 66.3 cm³/mol. The highest BCUT2D eigenvalue weighted by Crippen LogP contribution is 2.11. The van der Waals surface area contributed by atoms with Gasteiger partial charge in [0.25, 0.3) is 10.0 Å². The van der Waals surface area contributed by atoms with Crippen molar-refractivity contribution in [1.29, 1.82) is 0 Å². The highest BCUT2D eigenvalue weighted by atomic mass is 32.2. The number of amides is 1. The molecule has 0 atom stereocenters. The number of nitrogens with one attached hydrogen (secondary N) is 2. The lowest BCUT2D eigenvalue weighted by Gasteiger charge is -2.19. The molecule has 1 aromatic heterocycles. The van der Waals surface area contributed by atoms with E-state index in [2.05, 4.69) is 15.5 Å². The third-order valence-corrected chi connectivity index (χ3v) is 4.07. The van der Waals surface area contributed by atoms with Crippen LogP contribution in [0.15, 0.2) is 17.3 Å². The minimum absolute atomic E-state index is 0.0123. The Morgan fingerprint density at radius 3 is 2.67 bits per heavy atom. The quantitative estimate of drug-likeness (QED) is 0.760. The van der Waals surface area contributed by atoms with Gasteiger partial charge in [-0.1, -0.05) is 6.92 Å². The number of likely N-dealkylation sites (N-methyl/N-ethyl adjacent to an activating group) is 1.